The Bertz CT molecular complexity index is 937. The van der Waals surface area contributed by atoms with Crippen LogP contribution in [0.25, 0.3) is 11.4 Å². The Kier molecular flexibility index (Phi) is 3.55. The third kappa shape index (κ3) is 2.41. The lowest BCUT2D eigenvalue weighted by atomic mass is 9.93. The standard InChI is InChI=1S/C20H19N5O/c26-20(15-7-4-10-21-11-15)24-12-16-8-9-18-22-23-19(25(18)17(16)13-24)14-5-2-1-3-6-14/h1-7,10-11,16-17H,8-9,12-13H2/t16-,17+/m1/s1. The van der Waals surface area contributed by atoms with Crippen molar-refractivity contribution in [3.8, 4) is 11.4 Å². The molecule has 1 aromatic carbocycles. The van der Waals surface area contributed by atoms with Crippen molar-refractivity contribution in [2.24, 2.45) is 5.92 Å². The summed E-state index contributed by atoms with van der Waals surface area (Å²) in [6, 6.07) is 14.0. The molecule has 2 aromatic heterocycles. The van der Waals surface area contributed by atoms with Crippen LogP contribution in [0, 0.1) is 5.92 Å². The van der Waals surface area contributed by atoms with Gasteiger partial charge in [0.2, 0.25) is 0 Å². The van der Waals surface area contributed by atoms with Gasteiger partial charge in [0.05, 0.1) is 11.6 Å². The molecule has 2 atom stereocenters. The molecule has 26 heavy (non-hydrogen) atoms. The third-order valence-corrected chi connectivity index (χ3v) is 5.47. The third-order valence-electron chi connectivity index (χ3n) is 5.47. The van der Waals surface area contributed by atoms with E-state index in [2.05, 4.69) is 31.9 Å². The van der Waals surface area contributed by atoms with E-state index in [9.17, 15) is 4.79 Å². The molecule has 130 valence electrons. The maximum absolute atomic E-state index is 12.8. The first-order valence-electron chi connectivity index (χ1n) is 9.00. The summed E-state index contributed by atoms with van der Waals surface area (Å²) in [5.74, 6) is 2.44. The van der Waals surface area contributed by atoms with Gasteiger partial charge in [0.1, 0.15) is 5.82 Å². The Morgan fingerprint density at radius 1 is 1.04 bits per heavy atom. The summed E-state index contributed by atoms with van der Waals surface area (Å²) in [5.41, 5.74) is 1.72. The molecule has 0 N–H and O–H groups in total. The Labute approximate surface area is 151 Å². The Morgan fingerprint density at radius 3 is 2.73 bits per heavy atom. The van der Waals surface area contributed by atoms with Crippen LogP contribution < -0.4 is 0 Å². The van der Waals surface area contributed by atoms with Crippen molar-refractivity contribution in [2.45, 2.75) is 18.9 Å². The fourth-order valence-corrected chi connectivity index (χ4v) is 4.21. The van der Waals surface area contributed by atoms with Gasteiger partial charge in [-0.15, -0.1) is 10.2 Å². The molecule has 1 saturated heterocycles. The highest BCUT2D eigenvalue weighted by Gasteiger charge is 2.41. The molecule has 0 saturated carbocycles. The van der Waals surface area contributed by atoms with Crippen molar-refractivity contribution in [1.29, 1.82) is 0 Å². The minimum atomic E-state index is 0.0587. The van der Waals surface area contributed by atoms with Crippen molar-refractivity contribution >= 4 is 5.91 Å². The second kappa shape index (κ2) is 6.05. The molecule has 2 aliphatic rings. The highest BCUT2D eigenvalue weighted by atomic mass is 16.2. The van der Waals surface area contributed by atoms with Crippen LogP contribution >= 0.6 is 0 Å². The van der Waals surface area contributed by atoms with Gasteiger partial charge in [-0.05, 0) is 24.5 Å². The average Bonchev–Trinajstić information content (AvgIpc) is 3.32. The molecule has 3 aromatic rings. The predicted molar refractivity (Wildman–Crippen MR) is 96.4 cm³/mol. The summed E-state index contributed by atoms with van der Waals surface area (Å²) in [7, 11) is 0. The number of nitrogens with zero attached hydrogens (tertiary/aromatic N) is 5. The Balaban J connectivity index is 1.48. The zero-order valence-corrected chi connectivity index (χ0v) is 14.3. The molecule has 6 heteroatoms. The number of amides is 1. The van der Waals surface area contributed by atoms with E-state index >= 15 is 0 Å². The smallest absolute Gasteiger partial charge is 0.255 e. The van der Waals surface area contributed by atoms with Gasteiger partial charge in [-0.1, -0.05) is 30.3 Å². The normalized spacial score (nSPS) is 21.3. The quantitative estimate of drug-likeness (QED) is 0.716. The van der Waals surface area contributed by atoms with E-state index in [1.807, 2.05) is 35.2 Å². The van der Waals surface area contributed by atoms with Gasteiger partial charge < -0.3 is 9.47 Å². The van der Waals surface area contributed by atoms with Gasteiger partial charge >= 0.3 is 0 Å². The van der Waals surface area contributed by atoms with E-state index in [1.54, 1.807) is 12.4 Å². The first-order chi connectivity index (χ1) is 12.8. The van der Waals surface area contributed by atoms with Gasteiger partial charge in [0, 0.05) is 37.5 Å². The summed E-state index contributed by atoms with van der Waals surface area (Å²) in [6.45, 7) is 1.48. The predicted octanol–water partition coefficient (Wildman–Crippen LogP) is 2.60. The second-order valence-corrected chi connectivity index (χ2v) is 6.99. The molecule has 0 aliphatic carbocycles. The number of fused-ring (bicyclic) bond motifs is 3. The van der Waals surface area contributed by atoms with Crippen molar-refractivity contribution in [2.75, 3.05) is 13.1 Å². The van der Waals surface area contributed by atoms with E-state index in [0.717, 1.165) is 36.6 Å². The maximum atomic E-state index is 12.8. The van der Waals surface area contributed by atoms with Crippen LogP contribution in [0.15, 0.2) is 54.9 Å². The lowest BCUT2D eigenvalue weighted by Gasteiger charge is -2.27. The number of aromatic nitrogens is 4. The molecular weight excluding hydrogens is 326 g/mol. The number of hydrogen-bond acceptors (Lipinski definition) is 4. The highest BCUT2D eigenvalue weighted by molar-refractivity contribution is 5.94. The minimum absolute atomic E-state index is 0.0587. The second-order valence-electron chi connectivity index (χ2n) is 6.99. The van der Waals surface area contributed by atoms with E-state index in [1.165, 1.54) is 0 Å². The largest absolute Gasteiger partial charge is 0.336 e. The van der Waals surface area contributed by atoms with Crippen LogP contribution in [0.3, 0.4) is 0 Å². The number of aryl methyl sites for hydroxylation is 1. The van der Waals surface area contributed by atoms with Crippen LogP contribution in [0.2, 0.25) is 0 Å². The van der Waals surface area contributed by atoms with Gasteiger partial charge in [-0.25, -0.2) is 0 Å². The lowest BCUT2D eigenvalue weighted by molar-refractivity contribution is 0.0784. The molecule has 6 nitrogen and oxygen atoms in total. The number of hydrogen-bond donors (Lipinski definition) is 0. The van der Waals surface area contributed by atoms with Crippen LogP contribution in [0.1, 0.15) is 28.6 Å². The number of benzene rings is 1. The van der Waals surface area contributed by atoms with Crippen molar-refractivity contribution < 1.29 is 4.79 Å². The van der Waals surface area contributed by atoms with Crippen LogP contribution in [0.4, 0.5) is 0 Å². The molecular formula is C20H19N5O. The van der Waals surface area contributed by atoms with Crippen LogP contribution in [-0.4, -0.2) is 43.6 Å². The fraction of sp³-hybridized carbons (Fsp3) is 0.300. The van der Waals surface area contributed by atoms with Crippen LogP contribution in [-0.2, 0) is 6.42 Å². The van der Waals surface area contributed by atoms with Crippen molar-refractivity contribution in [3.05, 3.63) is 66.2 Å². The Morgan fingerprint density at radius 2 is 1.92 bits per heavy atom. The molecule has 4 heterocycles. The van der Waals surface area contributed by atoms with Crippen molar-refractivity contribution in [1.82, 2.24) is 24.6 Å². The van der Waals surface area contributed by atoms with E-state index in [-0.39, 0.29) is 11.9 Å². The molecule has 0 unspecified atom stereocenters. The van der Waals surface area contributed by atoms with Crippen LogP contribution in [0.5, 0.6) is 0 Å². The Hall–Kier alpha value is -3.02. The topological polar surface area (TPSA) is 63.9 Å². The number of carbonyl (C=O) groups excluding carboxylic acids is 1. The molecule has 0 spiro atoms. The van der Waals surface area contributed by atoms with Gasteiger partial charge in [-0.3, -0.25) is 9.78 Å². The first-order valence-corrected chi connectivity index (χ1v) is 9.00. The molecule has 0 radical (unpaired) electrons. The van der Waals surface area contributed by atoms with Gasteiger partial charge in [0.15, 0.2) is 5.82 Å². The lowest BCUT2D eigenvalue weighted by Crippen LogP contribution is -2.29. The molecule has 0 bridgehead atoms. The molecule has 1 fully saturated rings. The first kappa shape index (κ1) is 15.3. The average molecular weight is 345 g/mol. The summed E-state index contributed by atoms with van der Waals surface area (Å²) < 4.78 is 2.26. The SMILES string of the molecule is O=C(c1cccnc1)N1C[C@H]2CCc3nnc(-c4ccccc4)n3[C@H]2C1. The number of pyridine rings is 1. The number of carbonyl (C=O) groups is 1. The van der Waals surface area contributed by atoms with E-state index in [0.29, 0.717) is 18.0 Å². The fourth-order valence-electron chi connectivity index (χ4n) is 4.21. The van der Waals surface area contributed by atoms with Crippen molar-refractivity contribution in [3.63, 3.8) is 0 Å². The summed E-state index contributed by atoms with van der Waals surface area (Å²) in [6.07, 6.45) is 5.30. The van der Waals surface area contributed by atoms with E-state index in [4.69, 9.17) is 0 Å². The van der Waals surface area contributed by atoms with Gasteiger partial charge in [-0.2, -0.15) is 0 Å². The zero-order valence-electron chi connectivity index (χ0n) is 14.3. The summed E-state index contributed by atoms with van der Waals surface area (Å²) in [4.78, 5) is 18.9. The maximum Gasteiger partial charge on any atom is 0.255 e. The highest BCUT2D eigenvalue weighted by Crippen LogP contribution is 2.39. The van der Waals surface area contributed by atoms with E-state index < -0.39 is 0 Å². The molecule has 1 amide bonds. The minimum Gasteiger partial charge on any atom is -0.336 e. The summed E-state index contributed by atoms with van der Waals surface area (Å²) >= 11 is 0. The number of rotatable bonds is 2. The van der Waals surface area contributed by atoms with Gasteiger partial charge in [0.25, 0.3) is 5.91 Å². The molecule has 2 aliphatic heterocycles. The zero-order chi connectivity index (χ0) is 17.5. The summed E-state index contributed by atoms with van der Waals surface area (Å²) in [5, 5.41) is 8.88. The molecule has 5 rings (SSSR count). The number of likely N-dealkylation sites (tertiary alicyclic amines) is 1. The monoisotopic (exact) mass is 345 g/mol.